The molecule has 1 saturated carbocycles. The number of hydrogen-bond donors (Lipinski definition) is 1. The molecule has 1 aromatic carbocycles. The molecule has 1 aliphatic heterocycles. The van der Waals surface area contributed by atoms with Gasteiger partial charge in [0.1, 0.15) is 5.75 Å². The average molecular weight is 318 g/mol. The summed E-state index contributed by atoms with van der Waals surface area (Å²) in [7, 11) is 0. The van der Waals surface area contributed by atoms with Crippen LogP contribution in [-0.2, 0) is 9.53 Å². The average Bonchev–Trinajstić information content (AvgIpc) is 2.59. The molecule has 2 N–H and O–H groups in total. The number of nitrogens with two attached hydrogens (primary N) is 1. The van der Waals surface area contributed by atoms with Gasteiger partial charge in [0.15, 0.2) is 6.61 Å². The highest BCUT2D eigenvalue weighted by molar-refractivity contribution is 5.94. The van der Waals surface area contributed by atoms with Crippen molar-refractivity contribution >= 4 is 11.8 Å². The van der Waals surface area contributed by atoms with E-state index in [0.29, 0.717) is 24.5 Å². The third-order valence-corrected chi connectivity index (χ3v) is 4.48. The Kier molecular flexibility index (Phi) is 4.81. The van der Waals surface area contributed by atoms with Gasteiger partial charge in [0.2, 0.25) is 0 Å². The van der Waals surface area contributed by atoms with Crippen molar-refractivity contribution in [2.45, 2.75) is 37.8 Å². The molecule has 1 heterocycles. The second-order valence-corrected chi connectivity index (χ2v) is 6.04. The number of benzene rings is 1. The van der Waals surface area contributed by atoms with E-state index in [4.69, 9.17) is 15.2 Å². The number of carbonyl (C=O) groups is 2. The van der Waals surface area contributed by atoms with Gasteiger partial charge in [0.05, 0.1) is 18.8 Å². The molecule has 3 rings (SSSR count). The van der Waals surface area contributed by atoms with Gasteiger partial charge < -0.3 is 20.1 Å². The lowest BCUT2D eigenvalue weighted by Gasteiger charge is -2.43. The van der Waals surface area contributed by atoms with E-state index in [0.717, 1.165) is 19.3 Å². The molecule has 2 atom stereocenters. The molecule has 2 aliphatic rings. The lowest BCUT2D eigenvalue weighted by molar-refractivity contribution is -0.119. The Balaban J connectivity index is 1.68. The highest BCUT2D eigenvalue weighted by atomic mass is 16.5. The molecule has 0 aromatic heterocycles. The minimum absolute atomic E-state index is 0.0339. The summed E-state index contributed by atoms with van der Waals surface area (Å²) in [6.07, 6.45) is 4.55. The van der Waals surface area contributed by atoms with Crippen LogP contribution in [0.4, 0.5) is 0 Å². The van der Waals surface area contributed by atoms with Gasteiger partial charge in [-0.25, -0.2) is 0 Å². The maximum Gasteiger partial charge on any atom is 0.255 e. The highest BCUT2D eigenvalue weighted by Crippen LogP contribution is 2.29. The Morgan fingerprint density at radius 3 is 2.70 bits per heavy atom. The summed E-state index contributed by atoms with van der Waals surface area (Å²) in [4.78, 5) is 25.5. The Labute approximate surface area is 135 Å². The second-order valence-electron chi connectivity index (χ2n) is 6.04. The third kappa shape index (κ3) is 3.64. The van der Waals surface area contributed by atoms with Crippen LogP contribution in [0.1, 0.15) is 36.0 Å². The Bertz CT molecular complexity index is 570. The fraction of sp³-hybridized carbons (Fsp3) is 0.529. The van der Waals surface area contributed by atoms with E-state index in [9.17, 15) is 9.59 Å². The van der Waals surface area contributed by atoms with Crippen molar-refractivity contribution in [2.24, 2.45) is 5.73 Å². The van der Waals surface area contributed by atoms with Crippen LogP contribution in [0, 0.1) is 0 Å². The zero-order valence-electron chi connectivity index (χ0n) is 13.1. The van der Waals surface area contributed by atoms with E-state index in [2.05, 4.69) is 0 Å². The first-order valence-electron chi connectivity index (χ1n) is 8.09. The fourth-order valence-electron chi connectivity index (χ4n) is 3.36. The topological polar surface area (TPSA) is 81.9 Å². The van der Waals surface area contributed by atoms with Crippen molar-refractivity contribution in [3.8, 4) is 5.75 Å². The maximum atomic E-state index is 12.8. The normalized spacial score (nSPS) is 23.9. The van der Waals surface area contributed by atoms with Crippen LogP contribution < -0.4 is 10.5 Å². The van der Waals surface area contributed by atoms with Crippen LogP contribution in [0.25, 0.3) is 0 Å². The van der Waals surface area contributed by atoms with E-state index in [-0.39, 0.29) is 24.7 Å². The van der Waals surface area contributed by atoms with Gasteiger partial charge in [-0.15, -0.1) is 0 Å². The summed E-state index contributed by atoms with van der Waals surface area (Å²) in [5.74, 6) is 0.0336. The SMILES string of the molecule is NC(=O)COc1ccc(C(=O)N2CCO[C@@H]3CCCC[C@H]32)cc1. The van der Waals surface area contributed by atoms with Gasteiger partial charge in [-0.05, 0) is 37.1 Å². The molecule has 2 fully saturated rings. The molecule has 6 heteroatoms. The largest absolute Gasteiger partial charge is 0.484 e. The van der Waals surface area contributed by atoms with Gasteiger partial charge >= 0.3 is 0 Å². The highest BCUT2D eigenvalue weighted by Gasteiger charge is 2.36. The quantitative estimate of drug-likeness (QED) is 0.908. The summed E-state index contributed by atoms with van der Waals surface area (Å²) in [5.41, 5.74) is 5.67. The molecular weight excluding hydrogens is 296 g/mol. The number of ether oxygens (including phenoxy) is 2. The first kappa shape index (κ1) is 15.8. The van der Waals surface area contributed by atoms with Crippen molar-refractivity contribution < 1.29 is 19.1 Å². The fourth-order valence-corrected chi connectivity index (χ4v) is 3.36. The zero-order chi connectivity index (χ0) is 16.2. The van der Waals surface area contributed by atoms with E-state index < -0.39 is 5.91 Å². The van der Waals surface area contributed by atoms with Gasteiger partial charge in [0.25, 0.3) is 11.8 Å². The molecule has 6 nitrogen and oxygen atoms in total. The molecule has 124 valence electrons. The van der Waals surface area contributed by atoms with Crippen molar-refractivity contribution in [3.63, 3.8) is 0 Å². The van der Waals surface area contributed by atoms with E-state index in [1.807, 2.05) is 4.90 Å². The number of primary amides is 1. The summed E-state index contributed by atoms with van der Waals surface area (Å²) >= 11 is 0. The molecule has 0 radical (unpaired) electrons. The monoisotopic (exact) mass is 318 g/mol. The van der Waals surface area contributed by atoms with E-state index >= 15 is 0 Å². The molecule has 0 unspecified atom stereocenters. The lowest BCUT2D eigenvalue weighted by Crippen LogP contribution is -2.54. The van der Waals surface area contributed by atoms with Crippen LogP contribution in [0.5, 0.6) is 5.75 Å². The predicted molar refractivity (Wildman–Crippen MR) is 84.2 cm³/mol. The Hall–Kier alpha value is -2.08. The molecule has 1 aromatic rings. The predicted octanol–water partition coefficient (Wildman–Crippen LogP) is 1.33. The van der Waals surface area contributed by atoms with Gasteiger partial charge in [0, 0.05) is 12.1 Å². The third-order valence-electron chi connectivity index (χ3n) is 4.48. The smallest absolute Gasteiger partial charge is 0.255 e. The van der Waals surface area contributed by atoms with Crippen LogP contribution in [-0.4, -0.2) is 48.6 Å². The van der Waals surface area contributed by atoms with Crippen LogP contribution in [0.2, 0.25) is 0 Å². The Morgan fingerprint density at radius 1 is 1.22 bits per heavy atom. The van der Waals surface area contributed by atoms with Gasteiger partial charge in [-0.2, -0.15) is 0 Å². The number of morpholine rings is 1. The number of nitrogens with zero attached hydrogens (tertiary/aromatic N) is 1. The Morgan fingerprint density at radius 2 is 1.96 bits per heavy atom. The number of amides is 2. The first-order valence-corrected chi connectivity index (χ1v) is 8.09. The minimum atomic E-state index is -0.526. The summed E-state index contributed by atoms with van der Waals surface area (Å²) in [6, 6.07) is 7.03. The van der Waals surface area contributed by atoms with E-state index in [1.165, 1.54) is 6.42 Å². The van der Waals surface area contributed by atoms with Gasteiger partial charge in [-0.1, -0.05) is 12.8 Å². The number of fused-ring (bicyclic) bond motifs is 1. The van der Waals surface area contributed by atoms with Crippen molar-refractivity contribution in [1.82, 2.24) is 4.90 Å². The lowest BCUT2D eigenvalue weighted by atomic mass is 9.89. The van der Waals surface area contributed by atoms with Crippen LogP contribution in [0.15, 0.2) is 24.3 Å². The number of carbonyl (C=O) groups excluding carboxylic acids is 2. The maximum absolute atomic E-state index is 12.8. The van der Waals surface area contributed by atoms with Crippen molar-refractivity contribution in [3.05, 3.63) is 29.8 Å². The summed E-state index contributed by atoms with van der Waals surface area (Å²) in [6.45, 7) is 1.08. The van der Waals surface area contributed by atoms with E-state index in [1.54, 1.807) is 24.3 Å². The molecule has 1 aliphatic carbocycles. The minimum Gasteiger partial charge on any atom is -0.484 e. The first-order chi connectivity index (χ1) is 11.1. The number of rotatable bonds is 4. The molecular formula is C17H22N2O4. The van der Waals surface area contributed by atoms with Crippen LogP contribution in [0.3, 0.4) is 0 Å². The molecule has 23 heavy (non-hydrogen) atoms. The molecule has 1 saturated heterocycles. The summed E-state index contributed by atoms with van der Waals surface area (Å²) in [5, 5.41) is 0. The second kappa shape index (κ2) is 7.00. The zero-order valence-corrected chi connectivity index (χ0v) is 13.1. The van der Waals surface area contributed by atoms with Crippen molar-refractivity contribution in [2.75, 3.05) is 19.8 Å². The standard InChI is InChI=1S/C17H22N2O4/c18-16(20)11-23-13-7-5-12(6-8-13)17(21)19-9-10-22-15-4-2-1-3-14(15)19/h5-8,14-15H,1-4,9-11H2,(H2,18,20)/t14-,15-/m1/s1. The molecule has 2 amide bonds. The summed E-state index contributed by atoms with van der Waals surface area (Å²) < 4.78 is 11.0. The van der Waals surface area contributed by atoms with Crippen LogP contribution >= 0.6 is 0 Å². The molecule has 0 bridgehead atoms. The van der Waals surface area contributed by atoms with Gasteiger partial charge in [-0.3, -0.25) is 9.59 Å². The van der Waals surface area contributed by atoms with Crippen molar-refractivity contribution in [1.29, 1.82) is 0 Å². The number of hydrogen-bond acceptors (Lipinski definition) is 4. The molecule has 0 spiro atoms.